The minimum absolute atomic E-state index is 1.14. The Morgan fingerprint density at radius 3 is 1.26 bits per heavy atom. The molecule has 0 aliphatic heterocycles. The second-order valence-corrected chi connectivity index (χ2v) is 9.93. The Hall–Kier alpha value is -3.76. The van der Waals surface area contributed by atoms with Gasteiger partial charge in [-0.3, -0.25) is 4.98 Å². The topological polar surface area (TPSA) is 12.9 Å². The number of hydrogen-bond acceptors (Lipinski definition) is 1. The molecule has 0 aliphatic carbocycles. The molecule has 0 aliphatic rings. The van der Waals surface area contributed by atoms with Gasteiger partial charge in [-0.2, -0.15) is 0 Å². The molecule has 0 bridgehead atoms. The number of hydrogen-bond donors (Lipinski definition) is 0. The van der Waals surface area contributed by atoms with Crippen molar-refractivity contribution < 1.29 is 0 Å². The molecule has 35 heavy (non-hydrogen) atoms. The molecule has 0 N–H and O–H groups in total. The van der Waals surface area contributed by atoms with E-state index in [2.05, 4.69) is 143 Å². The van der Waals surface area contributed by atoms with Gasteiger partial charge in [-0.25, -0.2) is 0 Å². The van der Waals surface area contributed by atoms with E-state index >= 15 is 0 Å². The predicted molar refractivity (Wildman–Crippen MR) is 156 cm³/mol. The molecular formula is C33H22IN. The van der Waals surface area contributed by atoms with Crippen LogP contribution in [0.4, 0.5) is 0 Å². The third kappa shape index (κ3) is 4.62. The normalized spacial score (nSPS) is 11.0. The Morgan fingerprint density at radius 1 is 0.400 bits per heavy atom. The molecule has 0 atom stereocenters. The Balaban J connectivity index is 1.26. The van der Waals surface area contributed by atoms with E-state index in [1.54, 1.807) is 6.20 Å². The minimum Gasteiger partial charge on any atom is -0.264 e. The first-order valence-corrected chi connectivity index (χ1v) is 12.7. The summed E-state index contributed by atoms with van der Waals surface area (Å²) in [6, 6.07) is 43.7. The zero-order valence-electron chi connectivity index (χ0n) is 19.0. The van der Waals surface area contributed by atoms with Gasteiger partial charge in [0.25, 0.3) is 0 Å². The molecule has 2 heteroatoms. The number of benzene rings is 5. The highest BCUT2D eigenvalue weighted by Crippen LogP contribution is 2.31. The summed E-state index contributed by atoms with van der Waals surface area (Å²) in [6.45, 7) is 0. The van der Waals surface area contributed by atoms with Crippen molar-refractivity contribution in [3.63, 3.8) is 0 Å². The number of rotatable bonds is 4. The van der Waals surface area contributed by atoms with Gasteiger partial charge in [0.15, 0.2) is 0 Å². The van der Waals surface area contributed by atoms with E-state index in [1.807, 2.05) is 12.3 Å². The van der Waals surface area contributed by atoms with Crippen LogP contribution >= 0.6 is 22.6 Å². The van der Waals surface area contributed by atoms with Crippen molar-refractivity contribution in [2.24, 2.45) is 0 Å². The van der Waals surface area contributed by atoms with Crippen LogP contribution in [0.15, 0.2) is 134 Å². The van der Waals surface area contributed by atoms with Crippen molar-refractivity contribution >= 4 is 33.4 Å². The molecule has 0 spiro atoms. The lowest BCUT2D eigenvalue weighted by atomic mass is 9.96. The third-order valence-electron chi connectivity index (χ3n) is 6.45. The molecule has 0 fully saturated rings. The SMILES string of the molecule is Ic1ccc(-c2ccc(-c3ccc4cc(-c5ccc(-c6cccnc6)cc5)ccc4c3)cc2)cc1. The highest BCUT2D eigenvalue weighted by molar-refractivity contribution is 14.1. The van der Waals surface area contributed by atoms with Gasteiger partial charge in [0, 0.05) is 16.0 Å². The summed E-state index contributed by atoms with van der Waals surface area (Å²) >= 11 is 2.34. The summed E-state index contributed by atoms with van der Waals surface area (Å²) in [6.07, 6.45) is 3.71. The summed E-state index contributed by atoms with van der Waals surface area (Å²) in [5, 5.41) is 2.50. The van der Waals surface area contributed by atoms with E-state index in [0.29, 0.717) is 0 Å². The third-order valence-corrected chi connectivity index (χ3v) is 7.17. The molecule has 0 amide bonds. The standard InChI is InChI=1S/C33H22IN/c34-33-17-15-24(16-18-33)23-3-5-25(6-4-23)28-11-13-31-21-29(12-14-30(31)20-28)26-7-9-27(10-8-26)32-2-1-19-35-22-32/h1-22H. The number of fused-ring (bicyclic) bond motifs is 1. The zero-order valence-corrected chi connectivity index (χ0v) is 21.2. The Morgan fingerprint density at radius 2 is 0.800 bits per heavy atom. The second-order valence-electron chi connectivity index (χ2n) is 8.68. The monoisotopic (exact) mass is 559 g/mol. The molecule has 1 nitrogen and oxygen atoms in total. The Bertz CT molecular complexity index is 1600. The number of aromatic nitrogens is 1. The van der Waals surface area contributed by atoms with Crippen molar-refractivity contribution in [2.75, 3.05) is 0 Å². The summed E-state index contributed by atoms with van der Waals surface area (Å²) in [4.78, 5) is 4.23. The minimum atomic E-state index is 1.14. The van der Waals surface area contributed by atoms with E-state index in [1.165, 1.54) is 53.3 Å². The zero-order chi connectivity index (χ0) is 23.6. The summed E-state index contributed by atoms with van der Waals surface area (Å²) in [7, 11) is 0. The van der Waals surface area contributed by atoms with Gasteiger partial charge in [-0.1, -0.05) is 91.0 Å². The van der Waals surface area contributed by atoms with E-state index in [0.717, 1.165) is 5.56 Å². The molecule has 1 aromatic heterocycles. The summed E-state index contributed by atoms with van der Waals surface area (Å²) in [5.74, 6) is 0. The average Bonchev–Trinajstić information content (AvgIpc) is 2.94. The fraction of sp³-hybridized carbons (Fsp3) is 0. The van der Waals surface area contributed by atoms with Crippen LogP contribution in [0.25, 0.3) is 55.3 Å². The van der Waals surface area contributed by atoms with Gasteiger partial charge in [0.05, 0.1) is 0 Å². The maximum atomic E-state index is 4.23. The molecule has 6 aromatic rings. The summed E-state index contributed by atoms with van der Waals surface area (Å²) < 4.78 is 1.25. The van der Waals surface area contributed by atoms with Gasteiger partial charge < -0.3 is 0 Å². The largest absolute Gasteiger partial charge is 0.264 e. The molecule has 5 aromatic carbocycles. The van der Waals surface area contributed by atoms with Crippen LogP contribution in [0.3, 0.4) is 0 Å². The smallest absolute Gasteiger partial charge is 0.0346 e. The van der Waals surface area contributed by atoms with Crippen LogP contribution in [-0.4, -0.2) is 4.98 Å². The predicted octanol–water partition coefficient (Wildman–Crippen LogP) is 9.51. The number of halogens is 1. The molecule has 6 rings (SSSR count). The van der Waals surface area contributed by atoms with Crippen LogP contribution < -0.4 is 0 Å². The number of pyridine rings is 1. The first kappa shape index (κ1) is 21.8. The van der Waals surface area contributed by atoms with Gasteiger partial charge in [0.2, 0.25) is 0 Å². The fourth-order valence-corrected chi connectivity index (χ4v) is 4.85. The van der Waals surface area contributed by atoms with Crippen LogP contribution in [0, 0.1) is 3.57 Å². The highest BCUT2D eigenvalue weighted by atomic mass is 127. The quantitative estimate of drug-likeness (QED) is 0.196. The van der Waals surface area contributed by atoms with Crippen molar-refractivity contribution in [3.05, 3.63) is 137 Å². The Labute approximate surface area is 219 Å². The molecule has 0 radical (unpaired) electrons. The first-order valence-electron chi connectivity index (χ1n) is 11.6. The van der Waals surface area contributed by atoms with Crippen LogP contribution in [-0.2, 0) is 0 Å². The van der Waals surface area contributed by atoms with Crippen molar-refractivity contribution in [1.29, 1.82) is 0 Å². The highest BCUT2D eigenvalue weighted by Gasteiger charge is 2.05. The Kier molecular flexibility index (Phi) is 5.89. The molecule has 0 saturated carbocycles. The summed E-state index contributed by atoms with van der Waals surface area (Å²) in [5.41, 5.74) is 9.72. The number of nitrogens with zero attached hydrogens (tertiary/aromatic N) is 1. The van der Waals surface area contributed by atoms with E-state index in [-0.39, 0.29) is 0 Å². The van der Waals surface area contributed by atoms with Crippen LogP contribution in [0.5, 0.6) is 0 Å². The van der Waals surface area contributed by atoms with E-state index in [4.69, 9.17) is 0 Å². The fourth-order valence-electron chi connectivity index (χ4n) is 4.49. The van der Waals surface area contributed by atoms with Gasteiger partial charge in [0.1, 0.15) is 0 Å². The maximum absolute atomic E-state index is 4.23. The van der Waals surface area contributed by atoms with E-state index in [9.17, 15) is 0 Å². The van der Waals surface area contributed by atoms with Crippen molar-refractivity contribution in [1.82, 2.24) is 4.98 Å². The molecular weight excluding hydrogens is 537 g/mol. The lowest BCUT2D eigenvalue weighted by Crippen LogP contribution is -1.84. The van der Waals surface area contributed by atoms with Gasteiger partial charge >= 0.3 is 0 Å². The van der Waals surface area contributed by atoms with Crippen LogP contribution in [0.2, 0.25) is 0 Å². The van der Waals surface area contributed by atoms with Crippen molar-refractivity contribution in [2.45, 2.75) is 0 Å². The lowest BCUT2D eigenvalue weighted by Gasteiger charge is -2.09. The maximum Gasteiger partial charge on any atom is 0.0346 e. The molecule has 0 unspecified atom stereocenters. The van der Waals surface area contributed by atoms with Gasteiger partial charge in [-0.05, 0) is 108 Å². The van der Waals surface area contributed by atoms with Crippen LogP contribution in [0.1, 0.15) is 0 Å². The van der Waals surface area contributed by atoms with E-state index < -0.39 is 0 Å². The second kappa shape index (κ2) is 9.47. The molecule has 1 heterocycles. The molecule has 0 saturated heterocycles. The van der Waals surface area contributed by atoms with Crippen molar-refractivity contribution in [3.8, 4) is 44.5 Å². The lowest BCUT2D eigenvalue weighted by molar-refractivity contribution is 1.33. The first-order chi connectivity index (χ1) is 17.2. The molecule has 166 valence electrons. The average molecular weight is 559 g/mol. The van der Waals surface area contributed by atoms with Gasteiger partial charge in [-0.15, -0.1) is 0 Å².